The van der Waals surface area contributed by atoms with Gasteiger partial charge in [0.15, 0.2) is 0 Å². The highest BCUT2D eigenvalue weighted by Crippen LogP contribution is 2.24. The Hall–Kier alpha value is -0.650. The molecule has 0 saturated heterocycles. The van der Waals surface area contributed by atoms with Gasteiger partial charge in [-0.15, -0.1) is 0 Å². The topological polar surface area (TPSA) is 0 Å². The van der Waals surface area contributed by atoms with Crippen molar-refractivity contribution in [1.82, 2.24) is 0 Å². The van der Waals surface area contributed by atoms with E-state index in [0.717, 1.165) is 0 Å². The zero-order chi connectivity index (χ0) is 7.89. The quantitative estimate of drug-likeness (QED) is 0.480. The lowest BCUT2D eigenvalue weighted by Crippen LogP contribution is -1.73. The summed E-state index contributed by atoms with van der Waals surface area (Å²) in [5.74, 6) is 0. The van der Waals surface area contributed by atoms with Crippen LogP contribution in [0.25, 0.3) is 0 Å². The van der Waals surface area contributed by atoms with E-state index < -0.39 is 0 Å². The van der Waals surface area contributed by atoms with Crippen molar-refractivity contribution in [2.75, 3.05) is 0 Å². The second-order valence-electron chi connectivity index (χ2n) is 3.12. The molecule has 0 aromatic heterocycles. The average Bonchev–Trinajstić information content (AvgIpc) is 2.07. The van der Waals surface area contributed by atoms with Gasteiger partial charge >= 0.3 is 0 Å². The minimum absolute atomic E-state index is 1.47. The van der Waals surface area contributed by atoms with Crippen molar-refractivity contribution in [3.63, 3.8) is 0 Å². The van der Waals surface area contributed by atoms with Crippen LogP contribution in [0.1, 0.15) is 27.8 Å². The van der Waals surface area contributed by atoms with E-state index in [4.69, 9.17) is 0 Å². The Labute approximate surface area is 63.2 Å². The van der Waals surface area contributed by atoms with E-state index in [1.807, 2.05) is 0 Å². The van der Waals surface area contributed by atoms with Crippen molar-refractivity contribution >= 4 is 0 Å². The Bertz CT molecular complexity index is 171. The molecule has 0 spiro atoms. The lowest BCUT2D eigenvalue weighted by Gasteiger charge is -2.02. The summed E-state index contributed by atoms with van der Waals surface area (Å²) in [6.45, 7) is 11.0. The lowest BCUT2D eigenvalue weighted by atomic mass is 10.2. The summed E-state index contributed by atoms with van der Waals surface area (Å²) in [5, 5.41) is 0. The van der Waals surface area contributed by atoms with E-state index in [0.29, 0.717) is 0 Å². The van der Waals surface area contributed by atoms with Gasteiger partial charge in [0.05, 0.1) is 0 Å². The molecular formula is C10H15-. The summed E-state index contributed by atoms with van der Waals surface area (Å²) >= 11 is 0. The molecule has 0 heteroatoms. The monoisotopic (exact) mass is 135 g/mol. The second kappa shape index (κ2) is 2.19. The van der Waals surface area contributed by atoms with E-state index in [2.05, 4.69) is 34.6 Å². The SMILES string of the molecule is Cc1c(C)c(C)[c-](C)c1C. The first-order chi connectivity index (χ1) is 4.55. The third kappa shape index (κ3) is 0.792. The smallest absolute Gasteiger partial charge is 0.0630 e. The van der Waals surface area contributed by atoms with Crippen LogP contribution in [0.5, 0.6) is 0 Å². The first-order valence-electron chi connectivity index (χ1n) is 3.75. The Balaban J connectivity index is 3.44. The lowest BCUT2D eigenvalue weighted by molar-refractivity contribution is 1.32. The van der Waals surface area contributed by atoms with Crippen LogP contribution in [0.15, 0.2) is 0 Å². The maximum absolute atomic E-state index is 2.20. The fourth-order valence-electron chi connectivity index (χ4n) is 1.41. The first kappa shape index (κ1) is 7.46. The molecule has 0 aliphatic heterocycles. The van der Waals surface area contributed by atoms with Crippen LogP contribution in [0, 0.1) is 34.6 Å². The van der Waals surface area contributed by atoms with Crippen LogP contribution in [0.3, 0.4) is 0 Å². The van der Waals surface area contributed by atoms with Crippen molar-refractivity contribution in [3.8, 4) is 0 Å². The maximum atomic E-state index is 2.20. The van der Waals surface area contributed by atoms with E-state index in [9.17, 15) is 0 Å². The van der Waals surface area contributed by atoms with Gasteiger partial charge in [-0.2, -0.15) is 27.8 Å². The van der Waals surface area contributed by atoms with Crippen molar-refractivity contribution < 1.29 is 0 Å². The van der Waals surface area contributed by atoms with Crippen LogP contribution in [0.4, 0.5) is 0 Å². The summed E-state index contributed by atoms with van der Waals surface area (Å²) < 4.78 is 0. The van der Waals surface area contributed by atoms with Crippen molar-refractivity contribution in [2.24, 2.45) is 0 Å². The largest absolute Gasteiger partial charge is 0.196 e. The van der Waals surface area contributed by atoms with Crippen molar-refractivity contribution in [1.29, 1.82) is 0 Å². The number of hydrogen-bond acceptors (Lipinski definition) is 0. The third-order valence-electron chi connectivity index (χ3n) is 2.81. The number of hydrogen-bond donors (Lipinski definition) is 0. The van der Waals surface area contributed by atoms with Crippen LogP contribution < -0.4 is 0 Å². The predicted molar refractivity (Wildman–Crippen MR) is 45.7 cm³/mol. The molecule has 0 aliphatic carbocycles. The molecule has 56 valence electrons. The predicted octanol–water partition coefficient (Wildman–Crippen LogP) is 2.95. The van der Waals surface area contributed by atoms with Crippen LogP contribution in [0.2, 0.25) is 0 Å². The minimum Gasteiger partial charge on any atom is -0.196 e. The Morgan fingerprint density at radius 1 is 0.800 bits per heavy atom. The van der Waals surface area contributed by atoms with E-state index in [1.54, 1.807) is 0 Å². The molecule has 0 saturated carbocycles. The van der Waals surface area contributed by atoms with Gasteiger partial charge in [0.1, 0.15) is 0 Å². The van der Waals surface area contributed by atoms with Crippen molar-refractivity contribution in [2.45, 2.75) is 34.6 Å². The molecule has 0 radical (unpaired) electrons. The highest BCUT2D eigenvalue weighted by Gasteiger charge is 1.96. The average molecular weight is 135 g/mol. The Kier molecular flexibility index (Phi) is 1.63. The van der Waals surface area contributed by atoms with Gasteiger partial charge in [0, 0.05) is 0 Å². The minimum atomic E-state index is 1.47. The molecule has 0 atom stereocenters. The fourth-order valence-corrected chi connectivity index (χ4v) is 1.41. The molecule has 0 nitrogen and oxygen atoms in total. The van der Waals surface area contributed by atoms with Crippen LogP contribution >= 0.6 is 0 Å². The van der Waals surface area contributed by atoms with Crippen LogP contribution in [-0.4, -0.2) is 0 Å². The van der Waals surface area contributed by atoms with Crippen molar-refractivity contribution in [3.05, 3.63) is 27.8 Å². The highest BCUT2D eigenvalue weighted by molar-refractivity contribution is 5.48. The molecule has 0 unspecified atom stereocenters. The number of rotatable bonds is 0. The van der Waals surface area contributed by atoms with Gasteiger partial charge < -0.3 is 0 Å². The maximum Gasteiger partial charge on any atom is -0.0630 e. The molecule has 1 aromatic rings. The van der Waals surface area contributed by atoms with Gasteiger partial charge in [0.25, 0.3) is 0 Å². The molecular weight excluding hydrogens is 120 g/mol. The van der Waals surface area contributed by atoms with E-state index >= 15 is 0 Å². The van der Waals surface area contributed by atoms with Gasteiger partial charge in [-0.3, -0.25) is 0 Å². The molecule has 10 heavy (non-hydrogen) atoms. The van der Waals surface area contributed by atoms with Gasteiger partial charge in [0.2, 0.25) is 0 Å². The zero-order valence-electron chi connectivity index (χ0n) is 7.50. The second-order valence-corrected chi connectivity index (χ2v) is 3.12. The molecule has 1 rings (SSSR count). The molecule has 0 fully saturated rings. The van der Waals surface area contributed by atoms with Crippen LogP contribution in [-0.2, 0) is 0 Å². The molecule has 1 aromatic carbocycles. The molecule has 0 amide bonds. The van der Waals surface area contributed by atoms with E-state index in [1.165, 1.54) is 27.8 Å². The summed E-state index contributed by atoms with van der Waals surface area (Å²) in [5.41, 5.74) is 7.34. The first-order valence-corrected chi connectivity index (χ1v) is 3.75. The molecule has 0 N–H and O–H groups in total. The molecule has 0 bridgehead atoms. The highest BCUT2D eigenvalue weighted by atomic mass is 14.1. The third-order valence-corrected chi connectivity index (χ3v) is 2.81. The zero-order valence-corrected chi connectivity index (χ0v) is 7.50. The van der Waals surface area contributed by atoms with Gasteiger partial charge in [-0.25, -0.2) is 0 Å². The normalized spacial score (nSPS) is 10.5. The summed E-state index contributed by atoms with van der Waals surface area (Å²) in [7, 11) is 0. The summed E-state index contributed by atoms with van der Waals surface area (Å²) in [6.07, 6.45) is 0. The van der Waals surface area contributed by atoms with Gasteiger partial charge in [-0.05, 0) is 0 Å². The van der Waals surface area contributed by atoms with E-state index in [-0.39, 0.29) is 0 Å². The molecule has 0 heterocycles. The molecule has 0 aliphatic rings. The fraction of sp³-hybridized carbons (Fsp3) is 0.500. The summed E-state index contributed by atoms with van der Waals surface area (Å²) in [4.78, 5) is 0. The van der Waals surface area contributed by atoms with Gasteiger partial charge in [-0.1, -0.05) is 34.6 Å². The Morgan fingerprint density at radius 3 is 1.20 bits per heavy atom. The summed E-state index contributed by atoms with van der Waals surface area (Å²) in [6, 6.07) is 0. The Morgan fingerprint density at radius 2 is 1.10 bits per heavy atom. The standard InChI is InChI=1S/C10H15/c1-6-7(2)9(4)10(5)8(6)3/h1-5H3/q-1.